The van der Waals surface area contributed by atoms with E-state index in [1.807, 2.05) is 0 Å². The molecule has 0 aromatic carbocycles. The topological polar surface area (TPSA) is 20.2 Å². The van der Waals surface area contributed by atoms with Crippen LogP contribution in [0.4, 0.5) is 0 Å². The molecule has 0 bridgehead atoms. The fourth-order valence-electron chi connectivity index (χ4n) is 0.0630. The zero-order chi connectivity index (χ0) is 4.99. The van der Waals surface area contributed by atoms with Crippen molar-refractivity contribution in [2.75, 3.05) is 4.43 Å². The van der Waals surface area contributed by atoms with Crippen LogP contribution in [0, 0.1) is 0 Å². The van der Waals surface area contributed by atoms with E-state index in [4.69, 9.17) is 5.11 Å². The Balaban J connectivity index is 2.96. The highest BCUT2D eigenvalue weighted by Crippen LogP contribution is 1.88. The molecule has 1 nitrogen and oxygen atoms in total. The molecule has 0 aromatic heterocycles. The Bertz CT molecular complexity index is 44.8. The van der Waals surface area contributed by atoms with Gasteiger partial charge in [0.25, 0.3) is 0 Å². The standard InChI is InChI=1S/C4H7IO/c1-2-4(6)3-5/h2,4,6H,1,3H2. The Hall–Kier alpha value is 0.430. The largest absolute Gasteiger partial charge is 0.388 e. The molecular formula is C4H7IO. The number of alkyl halides is 1. The lowest BCUT2D eigenvalue weighted by Crippen LogP contribution is -2.00. The summed E-state index contributed by atoms with van der Waals surface area (Å²) in [5.74, 6) is 0. The Kier molecular flexibility index (Phi) is 3.87. The van der Waals surface area contributed by atoms with E-state index < -0.39 is 0 Å². The summed E-state index contributed by atoms with van der Waals surface area (Å²) >= 11 is 2.09. The molecule has 2 heteroatoms. The van der Waals surface area contributed by atoms with E-state index >= 15 is 0 Å². The third-order valence-electron chi connectivity index (χ3n) is 0.430. The molecule has 0 aliphatic carbocycles. The number of aliphatic hydroxyl groups excluding tert-OH is 1. The SMILES string of the molecule is C=CC(O)CI. The van der Waals surface area contributed by atoms with E-state index in [2.05, 4.69) is 29.2 Å². The van der Waals surface area contributed by atoms with Crippen LogP contribution >= 0.6 is 22.6 Å². The van der Waals surface area contributed by atoms with Crippen molar-refractivity contribution in [1.82, 2.24) is 0 Å². The molecule has 1 N–H and O–H groups in total. The van der Waals surface area contributed by atoms with Gasteiger partial charge in [0.15, 0.2) is 0 Å². The minimum Gasteiger partial charge on any atom is -0.388 e. The maximum atomic E-state index is 8.54. The van der Waals surface area contributed by atoms with E-state index in [1.54, 1.807) is 0 Å². The number of halogens is 1. The number of rotatable bonds is 2. The van der Waals surface area contributed by atoms with Gasteiger partial charge in [-0.3, -0.25) is 0 Å². The summed E-state index contributed by atoms with van der Waals surface area (Å²) in [5.41, 5.74) is 0. The van der Waals surface area contributed by atoms with Gasteiger partial charge in [-0.05, 0) is 0 Å². The van der Waals surface area contributed by atoms with Crippen molar-refractivity contribution in [3.8, 4) is 0 Å². The van der Waals surface area contributed by atoms with E-state index in [1.165, 1.54) is 6.08 Å². The van der Waals surface area contributed by atoms with Crippen molar-refractivity contribution in [2.24, 2.45) is 0 Å². The van der Waals surface area contributed by atoms with Crippen LogP contribution in [0.2, 0.25) is 0 Å². The first-order chi connectivity index (χ1) is 2.81. The average molecular weight is 198 g/mol. The smallest absolute Gasteiger partial charge is 0.0807 e. The second kappa shape index (κ2) is 3.61. The molecule has 6 heavy (non-hydrogen) atoms. The van der Waals surface area contributed by atoms with Crippen molar-refractivity contribution in [3.63, 3.8) is 0 Å². The lowest BCUT2D eigenvalue weighted by Gasteiger charge is -1.92. The van der Waals surface area contributed by atoms with Gasteiger partial charge in [0.1, 0.15) is 0 Å². The molecule has 0 aliphatic rings. The van der Waals surface area contributed by atoms with Crippen LogP contribution in [0.5, 0.6) is 0 Å². The predicted octanol–water partition coefficient (Wildman–Crippen LogP) is 0.968. The monoisotopic (exact) mass is 198 g/mol. The third-order valence-corrected chi connectivity index (χ3v) is 1.33. The zero-order valence-corrected chi connectivity index (χ0v) is 5.55. The van der Waals surface area contributed by atoms with Gasteiger partial charge in [-0.1, -0.05) is 28.7 Å². The Labute approximate surface area is 51.2 Å². The lowest BCUT2D eigenvalue weighted by molar-refractivity contribution is 0.252. The highest BCUT2D eigenvalue weighted by molar-refractivity contribution is 14.1. The van der Waals surface area contributed by atoms with Gasteiger partial charge < -0.3 is 5.11 Å². The highest BCUT2D eigenvalue weighted by Gasteiger charge is 1.87. The second-order valence-corrected chi connectivity index (χ2v) is 1.84. The van der Waals surface area contributed by atoms with Gasteiger partial charge in [-0.2, -0.15) is 0 Å². The maximum absolute atomic E-state index is 8.54. The Morgan fingerprint density at radius 3 is 2.50 bits per heavy atom. The molecule has 0 amide bonds. The second-order valence-electron chi connectivity index (χ2n) is 0.957. The molecule has 1 unspecified atom stereocenters. The Morgan fingerprint density at radius 1 is 2.00 bits per heavy atom. The van der Waals surface area contributed by atoms with Crippen LogP contribution in [0.1, 0.15) is 0 Å². The molecule has 0 spiro atoms. The number of aliphatic hydroxyl groups is 1. The number of hydrogen-bond acceptors (Lipinski definition) is 1. The van der Waals surface area contributed by atoms with Gasteiger partial charge >= 0.3 is 0 Å². The van der Waals surface area contributed by atoms with Gasteiger partial charge in [-0.25, -0.2) is 0 Å². The van der Waals surface area contributed by atoms with Crippen LogP contribution < -0.4 is 0 Å². The first-order valence-corrected chi connectivity index (χ1v) is 3.20. The van der Waals surface area contributed by atoms with Gasteiger partial charge in [-0.15, -0.1) is 6.58 Å². The van der Waals surface area contributed by atoms with E-state index in [0.29, 0.717) is 0 Å². The summed E-state index contributed by atoms with van der Waals surface area (Å²) in [6.07, 6.45) is 1.21. The highest BCUT2D eigenvalue weighted by atomic mass is 127. The molecule has 0 aliphatic heterocycles. The van der Waals surface area contributed by atoms with Crippen LogP contribution in [-0.2, 0) is 0 Å². The first-order valence-electron chi connectivity index (χ1n) is 1.68. The molecule has 0 fully saturated rings. The normalized spacial score (nSPS) is 13.7. The first kappa shape index (κ1) is 6.43. The van der Waals surface area contributed by atoms with E-state index in [0.717, 1.165) is 4.43 Å². The third kappa shape index (κ3) is 2.66. The zero-order valence-electron chi connectivity index (χ0n) is 3.39. The summed E-state index contributed by atoms with van der Waals surface area (Å²) in [7, 11) is 0. The molecule has 36 valence electrons. The minimum atomic E-state index is -0.314. The molecule has 0 saturated heterocycles. The average Bonchev–Trinajstić information content (AvgIpc) is 1.65. The summed E-state index contributed by atoms with van der Waals surface area (Å²) in [6.45, 7) is 3.38. The predicted molar refractivity (Wildman–Crippen MR) is 35.1 cm³/mol. The molecule has 1 atom stereocenters. The maximum Gasteiger partial charge on any atom is 0.0807 e. The van der Waals surface area contributed by atoms with Crippen molar-refractivity contribution < 1.29 is 5.11 Å². The summed E-state index contributed by atoms with van der Waals surface area (Å²) < 4.78 is 0.737. The molecule has 0 saturated carbocycles. The lowest BCUT2D eigenvalue weighted by atomic mass is 10.4. The van der Waals surface area contributed by atoms with Crippen molar-refractivity contribution in [3.05, 3.63) is 12.7 Å². The molecule has 0 rings (SSSR count). The minimum absolute atomic E-state index is 0.314. The molecular weight excluding hydrogens is 191 g/mol. The van der Waals surface area contributed by atoms with Crippen molar-refractivity contribution >= 4 is 22.6 Å². The van der Waals surface area contributed by atoms with Crippen LogP contribution in [-0.4, -0.2) is 15.6 Å². The fourth-order valence-corrected chi connectivity index (χ4v) is 0.423. The summed E-state index contributed by atoms with van der Waals surface area (Å²) in [4.78, 5) is 0. The molecule has 0 radical (unpaired) electrons. The fraction of sp³-hybridized carbons (Fsp3) is 0.500. The van der Waals surface area contributed by atoms with Crippen molar-refractivity contribution in [2.45, 2.75) is 6.10 Å². The summed E-state index contributed by atoms with van der Waals surface area (Å²) in [6, 6.07) is 0. The molecule has 0 aromatic rings. The van der Waals surface area contributed by atoms with Crippen molar-refractivity contribution in [1.29, 1.82) is 0 Å². The number of hydrogen-bond donors (Lipinski definition) is 1. The van der Waals surface area contributed by atoms with Crippen LogP contribution in [0.25, 0.3) is 0 Å². The van der Waals surface area contributed by atoms with Gasteiger partial charge in [0.2, 0.25) is 0 Å². The van der Waals surface area contributed by atoms with E-state index in [-0.39, 0.29) is 6.10 Å². The Morgan fingerprint density at radius 2 is 2.50 bits per heavy atom. The summed E-state index contributed by atoms with van der Waals surface area (Å²) in [5, 5.41) is 8.54. The van der Waals surface area contributed by atoms with Gasteiger partial charge in [0.05, 0.1) is 6.10 Å². The molecule has 0 heterocycles. The quantitative estimate of drug-likeness (QED) is 0.398. The van der Waals surface area contributed by atoms with Gasteiger partial charge in [0, 0.05) is 4.43 Å². The van der Waals surface area contributed by atoms with Crippen LogP contribution in [0.15, 0.2) is 12.7 Å². The van der Waals surface area contributed by atoms with E-state index in [9.17, 15) is 0 Å². The van der Waals surface area contributed by atoms with Crippen LogP contribution in [0.3, 0.4) is 0 Å².